The molecule has 1 aromatic rings. The lowest BCUT2D eigenvalue weighted by atomic mass is 10.2. The molecule has 0 fully saturated rings. The molecule has 20 heavy (non-hydrogen) atoms. The Morgan fingerprint density at radius 3 is 2.25 bits per heavy atom. The summed E-state index contributed by atoms with van der Waals surface area (Å²) in [7, 11) is -4.04. The van der Waals surface area contributed by atoms with Crippen molar-refractivity contribution in [1.82, 2.24) is 0 Å². The maximum atomic E-state index is 11.5. The van der Waals surface area contributed by atoms with Crippen LogP contribution in [0, 0.1) is 34.0 Å². The first-order chi connectivity index (χ1) is 9.35. The highest BCUT2D eigenvalue weighted by Gasteiger charge is 2.18. The summed E-state index contributed by atoms with van der Waals surface area (Å²) in [6, 6.07) is 8.90. The van der Waals surface area contributed by atoms with Crippen LogP contribution in [0.25, 0.3) is 0 Å². The molecule has 100 valence electrons. The van der Waals surface area contributed by atoms with Crippen LogP contribution in [0.3, 0.4) is 0 Å². The number of hydrogen-bond acceptors (Lipinski definition) is 6. The first-order valence-electron chi connectivity index (χ1n) is 4.88. The number of para-hydroxylation sites is 1. The van der Waals surface area contributed by atoms with Crippen molar-refractivity contribution in [2.24, 2.45) is 5.14 Å². The summed E-state index contributed by atoms with van der Waals surface area (Å²) in [5, 5.41) is 33.9. The average Bonchev–Trinajstić information content (AvgIpc) is 2.39. The van der Waals surface area contributed by atoms with Crippen molar-refractivity contribution in [3.05, 3.63) is 33.9 Å². The molecule has 0 spiro atoms. The van der Waals surface area contributed by atoms with E-state index in [1.165, 1.54) is 30.3 Å². The monoisotopic (exact) mass is 351 g/mol. The Hall–Kier alpha value is -2.38. The zero-order valence-electron chi connectivity index (χ0n) is 9.75. The van der Waals surface area contributed by atoms with Gasteiger partial charge in [0, 0.05) is 4.47 Å². The van der Waals surface area contributed by atoms with E-state index >= 15 is 0 Å². The van der Waals surface area contributed by atoms with Crippen LogP contribution in [-0.4, -0.2) is 8.42 Å². The molecule has 0 heterocycles. The van der Waals surface area contributed by atoms with Gasteiger partial charge in [-0.05, 0) is 28.1 Å². The van der Waals surface area contributed by atoms with Crippen LogP contribution >= 0.6 is 15.9 Å². The van der Waals surface area contributed by atoms with Crippen LogP contribution in [0.5, 0.6) is 0 Å². The molecule has 1 aromatic carbocycles. The van der Waals surface area contributed by atoms with Gasteiger partial charge in [-0.2, -0.15) is 15.8 Å². The number of hydrogen-bond donors (Lipinski definition) is 2. The Bertz CT molecular complexity index is 793. The molecular formula is C11H6BrN5O2S. The van der Waals surface area contributed by atoms with Gasteiger partial charge in [0.1, 0.15) is 28.8 Å². The number of primary sulfonamides is 1. The minimum Gasteiger partial charge on any atom is -0.343 e. The molecule has 0 amide bonds. The number of allylic oxidation sites excluding steroid dienone is 2. The molecule has 0 saturated heterocycles. The normalized spacial score (nSPS) is 9.75. The van der Waals surface area contributed by atoms with Crippen molar-refractivity contribution in [3.63, 3.8) is 0 Å². The Balaban J connectivity index is 3.53. The van der Waals surface area contributed by atoms with Crippen LogP contribution in [0.2, 0.25) is 0 Å². The van der Waals surface area contributed by atoms with Gasteiger partial charge in [-0.15, -0.1) is 0 Å². The van der Waals surface area contributed by atoms with Gasteiger partial charge in [-0.1, -0.05) is 6.07 Å². The highest BCUT2D eigenvalue weighted by molar-refractivity contribution is 9.10. The summed E-state index contributed by atoms with van der Waals surface area (Å²) in [5.41, 5.74) is -0.857. The number of rotatable bonds is 3. The predicted octanol–water partition coefficient (Wildman–Crippen LogP) is 1.33. The van der Waals surface area contributed by atoms with Gasteiger partial charge in [-0.25, -0.2) is 13.6 Å². The van der Waals surface area contributed by atoms with Gasteiger partial charge < -0.3 is 5.32 Å². The van der Waals surface area contributed by atoms with E-state index in [-0.39, 0.29) is 16.3 Å². The number of halogens is 1. The van der Waals surface area contributed by atoms with E-state index in [2.05, 4.69) is 21.2 Å². The second-order valence-corrected chi connectivity index (χ2v) is 5.75. The standard InChI is InChI=1S/C11H6BrN5O2S/c12-8-2-1-3-10(20(16,18)19)11(8)17-9(6-15)7(4-13)5-14/h1-3,17H,(H2,16,18,19). The summed E-state index contributed by atoms with van der Waals surface area (Å²) < 4.78 is 23.3. The summed E-state index contributed by atoms with van der Waals surface area (Å²) in [4.78, 5) is -0.269. The molecule has 0 atom stereocenters. The molecule has 0 radical (unpaired) electrons. The number of nitriles is 3. The van der Waals surface area contributed by atoms with E-state index in [4.69, 9.17) is 20.9 Å². The largest absolute Gasteiger partial charge is 0.343 e. The maximum Gasteiger partial charge on any atom is 0.240 e. The minimum atomic E-state index is -4.04. The summed E-state index contributed by atoms with van der Waals surface area (Å²) in [6.07, 6.45) is 0. The lowest BCUT2D eigenvalue weighted by Gasteiger charge is -2.11. The van der Waals surface area contributed by atoms with Crippen LogP contribution < -0.4 is 10.5 Å². The summed E-state index contributed by atoms with van der Waals surface area (Å²) in [6.45, 7) is 0. The summed E-state index contributed by atoms with van der Waals surface area (Å²) >= 11 is 3.11. The average molecular weight is 352 g/mol. The van der Waals surface area contributed by atoms with Crippen molar-refractivity contribution in [1.29, 1.82) is 15.8 Å². The van der Waals surface area contributed by atoms with E-state index in [0.29, 0.717) is 4.47 Å². The van der Waals surface area contributed by atoms with Gasteiger partial charge in [-0.3, -0.25) is 0 Å². The third-order valence-corrected chi connectivity index (χ3v) is 3.73. The Morgan fingerprint density at radius 1 is 1.20 bits per heavy atom. The molecule has 0 saturated carbocycles. The van der Waals surface area contributed by atoms with Crippen molar-refractivity contribution >= 4 is 31.6 Å². The molecule has 1 rings (SSSR count). The number of sulfonamides is 1. The van der Waals surface area contributed by atoms with E-state index in [0.717, 1.165) is 0 Å². The highest BCUT2D eigenvalue weighted by Crippen LogP contribution is 2.30. The first-order valence-corrected chi connectivity index (χ1v) is 7.22. The smallest absolute Gasteiger partial charge is 0.240 e. The lowest BCUT2D eigenvalue weighted by Crippen LogP contribution is -2.15. The molecule has 0 aliphatic carbocycles. The maximum absolute atomic E-state index is 11.5. The molecule has 0 aliphatic heterocycles. The van der Waals surface area contributed by atoms with Gasteiger partial charge >= 0.3 is 0 Å². The van der Waals surface area contributed by atoms with Gasteiger partial charge in [0.05, 0.1) is 5.69 Å². The Morgan fingerprint density at radius 2 is 1.80 bits per heavy atom. The van der Waals surface area contributed by atoms with E-state index in [1.54, 1.807) is 6.07 Å². The number of benzene rings is 1. The third-order valence-electron chi connectivity index (χ3n) is 2.12. The van der Waals surface area contributed by atoms with E-state index in [1.807, 2.05) is 0 Å². The van der Waals surface area contributed by atoms with Crippen LogP contribution in [0.4, 0.5) is 5.69 Å². The summed E-state index contributed by atoms with van der Waals surface area (Å²) in [5.74, 6) is 0. The second-order valence-electron chi connectivity index (χ2n) is 3.37. The molecule has 7 nitrogen and oxygen atoms in total. The third kappa shape index (κ3) is 3.34. The van der Waals surface area contributed by atoms with Crippen molar-refractivity contribution in [2.75, 3.05) is 5.32 Å². The zero-order chi connectivity index (χ0) is 15.3. The van der Waals surface area contributed by atoms with Gasteiger partial charge in [0.15, 0.2) is 5.57 Å². The predicted molar refractivity (Wildman–Crippen MR) is 73.0 cm³/mol. The Kier molecular flexibility index (Phi) is 4.84. The molecule has 0 aromatic heterocycles. The topological polar surface area (TPSA) is 144 Å². The first kappa shape index (κ1) is 15.7. The number of nitrogens with one attached hydrogen (secondary N) is 1. The highest BCUT2D eigenvalue weighted by atomic mass is 79.9. The number of nitrogens with zero attached hydrogens (tertiary/aromatic N) is 3. The van der Waals surface area contributed by atoms with Crippen LogP contribution in [0.1, 0.15) is 0 Å². The van der Waals surface area contributed by atoms with Crippen LogP contribution in [-0.2, 0) is 10.0 Å². The number of nitrogens with two attached hydrogens (primary N) is 1. The van der Waals surface area contributed by atoms with E-state index in [9.17, 15) is 8.42 Å². The fourth-order valence-electron chi connectivity index (χ4n) is 1.27. The second kappa shape index (κ2) is 6.18. The lowest BCUT2D eigenvalue weighted by molar-refractivity contribution is 0.598. The molecular weight excluding hydrogens is 346 g/mol. The number of anilines is 1. The molecule has 0 bridgehead atoms. The molecule has 0 unspecified atom stereocenters. The molecule has 9 heteroatoms. The molecule has 0 aliphatic rings. The quantitative estimate of drug-likeness (QED) is 0.786. The SMILES string of the molecule is N#CC(C#N)=C(C#N)Nc1c(Br)cccc1S(N)(=O)=O. The minimum absolute atomic E-state index is 0.0189. The fourth-order valence-corrected chi connectivity index (χ4v) is 2.58. The van der Waals surface area contributed by atoms with Crippen molar-refractivity contribution in [3.8, 4) is 18.2 Å². The van der Waals surface area contributed by atoms with Crippen molar-refractivity contribution < 1.29 is 8.42 Å². The Labute approximate surface area is 123 Å². The van der Waals surface area contributed by atoms with E-state index < -0.39 is 15.6 Å². The molecule has 3 N–H and O–H groups in total. The zero-order valence-corrected chi connectivity index (χ0v) is 12.2. The fraction of sp³-hybridized carbons (Fsp3) is 0. The van der Waals surface area contributed by atoms with Crippen LogP contribution in [0.15, 0.2) is 38.8 Å². The van der Waals surface area contributed by atoms with Gasteiger partial charge in [0.25, 0.3) is 0 Å². The van der Waals surface area contributed by atoms with Crippen molar-refractivity contribution in [2.45, 2.75) is 4.90 Å². The van der Waals surface area contributed by atoms with Gasteiger partial charge in [0.2, 0.25) is 10.0 Å².